The highest BCUT2D eigenvalue weighted by molar-refractivity contribution is 5.76. The molecular formula is C22H30N3O2+. The first kappa shape index (κ1) is 19.2. The molecule has 0 saturated carbocycles. The number of methoxy groups -OCH3 is 1. The van der Waals surface area contributed by atoms with Crippen LogP contribution in [-0.2, 0) is 11.2 Å². The Bertz CT molecular complexity index is 755. The third-order valence-electron chi connectivity index (χ3n) is 5.28. The Labute approximate surface area is 161 Å². The SMILES string of the molecule is COc1ccccc1N1CC[NH+](CC(=O)NCCc2ccccc2C)CC1. The van der Waals surface area contributed by atoms with E-state index in [1.807, 2.05) is 24.3 Å². The van der Waals surface area contributed by atoms with E-state index in [0.29, 0.717) is 13.1 Å². The van der Waals surface area contributed by atoms with Gasteiger partial charge in [-0.05, 0) is 36.6 Å². The quantitative estimate of drug-likeness (QED) is 0.769. The van der Waals surface area contributed by atoms with Gasteiger partial charge in [-0.15, -0.1) is 0 Å². The summed E-state index contributed by atoms with van der Waals surface area (Å²) in [5, 5.41) is 3.07. The summed E-state index contributed by atoms with van der Waals surface area (Å²) in [6.45, 7) is 7.16. The average Bonchev–Trinajstić information content (AvgIpc) is 2.70. The standard InChI is InChI=1S/C22H29N3O2/c1-18-7-3-4-8-19(18)11-12-23-22(26)17-24-13-15-25(16-14-24)20-9-5-6-10-21(20)27-2/h3-10H,11-17H2,1-2H3,(H,23,26)/p+1. The van der Waals surface area contributed by atoms with E-state index in [0.717, 1.165) is 44.0 Å². The molecule has 1 aliphatic rings. The molecule has 0 atom stereocenters. The second-order valence-electron chi connectivity index (χ2n) is 7.11. The van der Waals surface area contributed by atoms with Gasteiger partial charge in [0.25, 0.3) is 5.91 Å². The number of quaternary nitrogens is 1. The average molecular weight is 369 g/mol. The van der Waals surface area contributed by atoms with Crippen molar-refractivity contribution in [3.8, 4) is 5.75 Å². The maximum atomic E-state index is 12.3. The highest BCUT2D eigenvalue weighted by Crippen LogP contribution is 2.27. The molecule has 3 rings (SSSR count). The van der Waals surface area contributed by atoms with Gasteiger partial charge < -0.3 is 19.9 Å². The lowest BCUT2D eigenvalue weighted by atomic mass is 10.1. The molecule has 1 amide bonds. The fourth-order valence-electron chi connectivity index (χ4n) is 3.65. The predicted molar refractivity (Wildman–Crippen MR) is 109 cm³/mol. The lowest BCUT2D eigenvalue weighted by Crippen LogP contribution is -3.16. The number of para-hydroxylation sites is 2. The highest BCUT2D eigenvalue weighted by Gasteiger charge is 2.23. The molecule has 1 fully saturated rings. The number of piperazine rings is 1. The minimum absolute atomic E-state index is 0.143. The van der Waals surface area contributed by atoms with Crippen LogP contribution in [0.2, 0.25) is 0 Å². The number of nitrogens with zero attached hydrogens (tertiary/aromatic N) is 1. The van der Waals surface area contributed by atoms with Crippen LogP contribution < -0.4 is 19.9 Å². The van der Waals surface area contributed by atoms with E-state index in [1.54, 1.807) is 7.11 Å². The first-order valence-corrected chi connectivity index (χ1v) is 9.70. The molecule has 2 aromatic rings. The smallest absolute Gasteiger partial charge is 0.275 e. The van der Waals surface area contributed by atoms with E-state index in [1.165, 1.54) is 16.0 Å². The van der Waals surface area contributed by atoms with E-state index in [2.05, 4.69) is 41.4 Å². The van der Waals surface area contributed by atoms with Crippen molar-refractivity contribution in [3.63, 3.8) is 0 Å². The van der Waals surface area contributed by atoms with Crippen LogP contribution in [0.25, 0.3) is 0 Å². The van der Waals surface area contributed by atoms with E-state index in [4.69, 9.17) is 4.74 Å². The van der Waals surface area contributed by atoms with Crippen LogP contribution >= 0.6 is 0 Å². The Morgan fingerprint density at radius 2 is 1.81 bits per heavy atom. The maximum absolute atomic E-state index is 12.3. The molecule has 5 heteroatoms. The topological polar surface area (TPSA) is 46.0 Å². The van der Waals surface area contributed by atoms with Crippen LogP contribution in [0.5, 0.6) is 5.75 Å². The van der Waals surface area contributed by atoms with Crippen molar-refractivity contribution >= 4 is 11.6 Å². The molecule has 0 unspecified atom stereocenters. The molecule has 2 aromatic carbocycles. The first-order valence-electron chi connectivity index (χ1n) is 9.70. The molecule has 0 spiro atoms. The van der Waals surface area contributed by atoms with Crippen LogP contribution in [0.1, 0.15) is 11.1 Å². The predicted octanol–water partition coefficient (Wildman–Crippen LogP) is 1.07. The second-order valence-corrected chi connectivity index (χ2v) is 7.11. The van der Waals surface area contributed by atoms with Crippen molar-refractivity contribution in [2.75, 3.05) is 51.3 Å². The van der Waals surface area contributed by atoms with Gasteiger partial charge in [0.1, 0.15) is 5.75 Å². The van der Waals surface area contributed by atoms with Gasteiger partial charge in [0, 0.05) is 6.54 Å². The normalized spacial score (nSPS) is 14.8. The van der Waals surface area contributed by atoms with Crippen LogP contribution in [0.3, 0.4) is 0 Å². The van der Waals surface area contributed by atoms with Gasteiger partial charge in [0.2, 0.25) is 0 Å². The largest absolute Gasteiger partial charge is 0.495 e. The molecule has 1 aliphatic heterocycles. The van der Waals surface area contributed by atoms with Gasteiger partial charge in [-0.25, -0.2) is 0 Å². The van der Waals surface area contributed by atoms with Gasteiger partial charge in [-0.3, -0.25) is 4.79 Å². The number of hydrogen-bond acceptors (Lipinski definition) is 3. The molecule has 0 aromatic heterocycles. The van der Waals surface area contributed by atoms with Crippen molar-refractivity contribution in [2.24, 2.45) is 0 Å². The van der Waals surface area contributed by atoms with Crippen LogP contribution in [0.4, 0.5) is 5.69 Å². The Hall–Kier alpha value is -2.53. The summed E-state index contributed by atoms with van der Waals surface area (Å²) >= 11 is 0. The van der Waals surface area contributed by atoms with Gasteiger partial charge in [0.05, 0.1) is 39.0 Å². The van der Waals surface area contributed by atoms with E-state index < -0.39 is 0 Å². The Morgan fingerprint density at radius 1 is 1.11 bits per heavy atom. The summed E-state index contributed by atoms with van der Waals surface area (Å²) in [6, 6.07) is 16.5. The molecule has 5 nitrogen and oxygen atoms in total. The van der Waals surface area contributed by atoms with E-state index >= 15 is 0 Å². The van der Waals surface area contributed by atoms with Crippen molar-refractivity contribution in [3.05, 3.63) is 59.7 Å². The Morgan fingerprint density at radius 3 is 2.56 bits per heavy atom. The number of amides is 1. The number of carbonyl (C=O) groups excluding carboxylic acids is 1. The van der Waals surface area contributed by atoms with Crippen LogP contribution in [-0.4, -0.2) is 52.3 Å². The summed E-state index contributed by atoms with van der Waals surface area (Å²) in [5.41, 5.74) is 3.72. The number of anilines is 1. The zero-order chi connectivity index (χ0) is 19.1. The number of nitrogens with one attached hydrogen (secondary N) is 2. The van der Waals surface area contributed by atoms with E-state index in [-0.39, 0.29) is 5.91 Å². The molecule has 27 heavy (non-hydrogen) atoms. The summed E-state index contributed by atoms with van der Waals surface area (Å²) in [4.78, 5) is 16.0. The van der Waals surface area contributed by atoms with E-state index in [9.17, 15) is 4.79 Å². The zero-order valence-electron chi connectivity index (χ0n) is 16.3. The molecule has 0 bridgehead atoms. The van der Waals surface area contributed by atoms with Crippen molar-refractivity contribution in [1.29, 1.82) is 0 Å². The van der Waals surface area contributed by atoms with Crippen LogP contribution in [0.15, 0.2) is 48.5 Å². The summed E-state index contributed by atoms with van der Waals surface area (Å²) < 4.78 is 5.47. The molecule has 2 N–H and O–H groups in total. The summed E-state index contributed by atoms with van der Waals surface area (Å²) in [5.74, 6) is 1.05. The lowest BCUT2D eigenvalue weighted by molar-refractivity contribution is -0.892. The molecule has 0 radical (unpaired) electrons. The third-order valence-corrected chi connectivity index (χ3v) is 5.28. The Kier molecular flexibility index (Phi) is 6.71. The maximum Gasteiger partial charge on any atom is 0.275 e. The Balaban J connectivity index is 1.41. The number of ether oxygens (including phenoxy) is 1. The number of carbonyl (C=O) groups is 1. The number of benzene rings is 2. The monoisotopic (exact) mass is 368 g/mol. The molecule has 1 heterocycles. The molecule has 0 aliphatic carbocycles. The zero-order valence-corrected chi connectivity index (χ0v) is 16.3. The minimum atomic E-state index is 0.143. The van der Waals surface area contributed by atoms with Gasteiger partial charge in [-0.2, -0.15) is 0 Å². The van der Waals surface area contributed by atoms with Crippen LogP contribution in [0, 0.1) is 6.92 Å². The third kappa shape index (κ3) is 5.23. The molecule has 144 valence electrons. The minimum Gasteiger partial charge on any atom is -0.495 e. The van der Waals surface area contributed by atoms with Crippen molar-refractivity contribution in [1.82, 2.24) is 5.32 Å². The molecule has 1 saturated heterocycles. The second kappa shape index (κ2) is 9.42. The van der Waals surface area contributed by atoms with Gasteiger partial charge >= 0.3 is 0 Å². The van der Waals surface area contributed by atoms with Gasteiger partial charge in [-0.1, -0.05) is 36.4 Å². The highest BCUT2D eigenvalue weighted by atomic mass is 16.5. The summed E-state index contributed by atoms with van der Waals surface area (Å²) in [7, 11) is 1.71. The fourth-order valence-corrected chi connectivity index (χ4v) is 3.65. The molecular weight excluding hydrogens is 338 g/mol. The first-order chi connectivity index (χ1) is 13.2. The number of aryl methyl sites for hydroxylation is 1. The lowest BCUT2D eigenvalue weighted by Gasteiger charge is -2.34. The fraction of sp³-hybridized carbons (Fsp3) is 0.409. The van der Waals surface area contributed by atoms with Gasteiger partial charge in [0.15, 0.2) is 6.54 Å². The number of rotatable bonds is 7. The van der Waals surface area contributed by atoms with Crippen molar-refractivity contribution in [2.45, 2.75) is 13.3 Å². The summed E-state index contributed by atoms with van der Waals surface area (Å²) in [6.07, 6.45) is 0.884. The number of hydrogen-bond donors (Lipinski definition) is 2. The van der Waals surface area contributed by atoms with Crippen molar-refractivity contribution < 1.29 is 14.4 Å².